The quantitative estimate of drug-likeness (QED) is 0.314. The predicted molar refractivity (Wildman–Crippen MR) is 133 cm³/mol. The molecule has 4 heteroatoms. The molecule has 0 nitrogen and oxygen atoms in total. The Morgan fingerprint density at radius 3 is 1.56 bits per heavy atom. The number of alkyl halides is 4. The van der Waals surface area contributed by atoms with Crippen LogP contribution in [0.5, 0.6) is 0 Å². The zero-order valence-electron chi connectivity index (χ0n) is 21.8. The second-order valence-corrected chi connectivity index (χ2v) is 12.9. The van der Waals surface area contributed by atoms with Gasteiger partial charge in [0.05, 0.1) is 0 Å². The molecule has 34 heavy (non-hydrogen) atoms. The molecule has 0 saturated heterocycles. The Hall–Kier alpha value is -0.280. The topological polar surface area (TPSA) is 0 Å². The van der Waals surface area contributed by atoms with Crippen molar-refractivity contribution in [1.29, 1.82) is 0 Å². The summed E-state index contributed by atoms with van der Waals surface area (Å²) < 4.78 is 59.2. The van der Waals surface area contributed by atoms with Crippen molar-refractivity contribution in [3.63, 3.8) is 0 Å². The first-order valence-electron chi connectivity index (χ1n) is 14.9. The van der Waals surface area contributed by atoms with E-state index in [2.05, 4.69) is 6.92 Å². The number of hydrogen-bond acceptors (Lipinski definition) is 0. The zero-order chi connectivity index (χ0) is 24.2. The van der Waals surface area contributed by atoms with Gasteiger partial charge in [-0.3, -0.25) is 0 Å². The Kier molecular flexibility index (Phi) is 9.69. The Morgan fingerprint density at radius 2 is 1.00 bits per heavy atom. The minimum atomic E-state index is -1.30. The molecule has 7 unspecified atom stereocenters. The lowest BCUT2D eigenvalue weighted by Gasteiger charge is -2.42. The van der Waals surface area contributed by atoms with Crippen molar-refractivity contribution in [1.82, 2.24) is 0 Å². The van der Waals surface area contributed by atoms with Gasteiger partial charge in [0.25, 0.3) is 0 Å². The van der Waals surface area contributed by atoms with E-state index in [-0.39, 0.29) is 23.7 Å². The Morgan fingerprint density at radius 1 is 0.500 bits per heavy atom. The smallest absolute Gasteiger partial charge is 0.134 e. The van der Waals surface area contributed by atoms with Gasteiger partial charge in [0.1, 0.15) is 24.7 Å². The fourth-order valence-electron chi connectivity index (χ4n) is 8.51. The maximum Gasteiger partial charge on any atom is 0.134 e. The standard InChI is InChI=1S/C30H50F4/c1-3-4-20-6-11-23(12-7-20)26-18-16-24(28(32)30(26)34)15-10-21-8-13-22(14-9-21)25-17-5-19(2)27(31)29(25)33/h19-30H,3-18H2,1-2H3/t19?,20?,21?,22?,23?,24?,25?,26-,27?,28?,29?,30?/m0/s1. The van der Waals surface area contributed by atoms with Crippen LogP contribution in [0.3, 0.4) is 0 Å². The highest BCUT2D eigenvalue weighted by Crippen LogP contribution is 2.47. The molecule has 0 N–H and O–H groups in total. The highest BCUT2D eigenvalue weighted by Gasteiger charge is 2.45. The van der Waals surface area contributed by atoms with Crippen molar-refractivity contribution in [3.8, 4) is 0 Å². The van der Waals surface area contributed by atoms with Crippen molar-refractivity contribution in [3.05, 3.63) is 0 Å². The third-order valence-electron chi connectivity index (χ3n) is 10.9. The molecular weight excluding hydrogens is 436 g/mol. The van der Waals surface area contributed by atoms with E-state index in [0.29, 0.717) is 17.8 Å². The minimum absolute atomic E-state index is 0.0598. The summed E-state index contributed by atoms with van der Waals surface area (Å²) in [7, 11) is 0. The summed E-state index contributed by atoms with van der Waals surface area (Å²) in [4.78, 5) is 0. The van der Waals surface area contributed by atoms with Crippen LogP contribution in [0.4, 0.5) is 17.6 Å². The van der Waals surface area contributed by atoms with Crippen molar-refractivity contribution in [2.75, 3.05) is 0 Å². The van der Waals surface area contributed by atoms with Gasteiger partial charge in [0, 0.05) is 0 Å². The summed E-state index contributed by atoms with van der Waals surface area (Å²) in [5.74, 6) is 1.62. The van der Waals surface area contributed by atoms with Crippen LogP contribution in [-0.2, 0) is 0 Å². The van der Waals surface area contributed by atoms with Crippen LogP contribution in [-0.4, -0.2) is 24.7 Å². The molecule has 0 aliphatic heterocycles. The van der Waals surface area contributed by atoms with Crippen LogP contribution in [0.2, 0.25) is 0 Å². The average Bonchev–Trinajstić information content (AvgIpc) is 2.85. The van der Waals surface area contributed by atoms with Crippen LogP contribution >= 0.6 is 0 Å². The van der Waals surface area contributed by atoms with Crippen molar-refractivity contribution >= 4 is 0 Å². The van der Waals surface area contributed by atoms with Gasteiger partial charge in [0.15, 0.2) is 0 Å². The maximum atomic E-state index is 15.2. The molecule has 0 amide bonds. The maximum absolute atomic E-state index is 15.2. The Labute approximate surface area is 206 Å². The molecule has 0 radical (unpaired) electrons. The molecular formula is C30H50F4. The van der Waals surface area contributed by atoms with Crippen molar-refractivity contribution in [2.24, 2.45) is 47.3 Å². The Balaban J connectivity index is 1.18. The minimum Gasteiger partial charge on any atom is -0.244 e. The second-order valence-electron chi connectivity index (χ2n) is 12.9. The molecule has 4 saturated carbocycles. The van der Waals surface area contributed by atoms with Crippen LogP contribution in [0.1, 0.15) is 117 Å². The average molecular weight is 487 g/mol. The van der Waals surface area contributed by atoms with Crippen molar-refractivity contribution in [2.45, 2.75) is 141 Å². The number of rotatable bonds is 7. The molecule has 0 aromatic rings. The summed E-state index contributed by atoms with van der Waals surface area (Å²) >= 11 is 0. The first-order chi connectivity index (χ1) is 16.4. The van der Waals surface area contributed by atoms with Gasteiger partial charge in [-0.15, -0.1) is 0 Å². The summed E-state index contributed by atoms with van der Waals surface area (Å²) in [6.45, 7) is 4.07. The molecule has 0 bridgehead atoms. The van der Waals surface area contributed by atoms with E-state index in [1.807, 2.05) is 6.92 Å². The molecule has 4 fully saturated rings. The van der Waals surface area contributed by atoms with Crippen LogP contribution < -0.4 is 0 Å². The molecule has 0 heterocycles. The molecule has 8 atom stereocenters. The van der Waals surface area contributed by atoms with Crippen molar-refractivity contribution < 1.29 is 17.6 Å². The lowest BCUT2D eigenvalue weighted by Crippen LogP contribution is -2.42. The molecule has 198 valence electrons. The molecule has 4 aliphatic carbocycles. The SMILES string of the molecule is CCCC1CCC([C@@H]2CCC(CCC3CCC(C4CCC(C)C(F)C4F)CC3)C(F)C2F)CC1. The highest BCUT2D eigenvalue weighted by molar-refractivity contribution is 4.94. The predicted octanol–water partition coefficient (Wildman–Crippen LogP) is 9.60. The summed E-state index contributed by atoms with van der Waals surface area (Å²) in [5.41, 5.74) is 0. The molecule has 0 spiro atoms. The fourth-order valence-corrected chi connectivity index (χ4v) is 8.51. The van der Waals surface area contributed by atoms with E-state index in [0.717, 1.165) is 83.0 Å². The van der Waals surface area contributed by atoms with Crippen LogP contribution in [0.15, 0.2) is 0 Å². The van der Waals surface area contributed by atoms with Gasteiger partial charge in [-0.2, -0.15) is 0 Å². The first-order valence-corrected chi connectivity index (χ1v) is 14.9. The zero-order valence-corrected chi connectivity index (χ0v) is 21.8. The van der Waals surface area contributed by atoms with Gasteiger partial charge >= 0.3 is 0 Å². The largest absolute Gasteiger partial charge is 0.244 e. The van der Waals surface area contributed by atoms with E-state index < -0.39 is 24.7 Å². The van der Waals surface area contributed by atoms with E-state index in [1.54, 1.807) is 0 Å². The van der Waals surface area contributed by atoms with Crippen LogP contribution in [0, 0.1) is 47.3 Å². The normalized spacial score (nSPS) is 48.5. The van der Waals surface area contributed by atoms with Gasteiger partial charge in [-0.05, 0) is 105 Å². The third-order valence-corrected chi connectivity index (χ3v) is 10.9. The van der Waals surface area contributed by atoms with E-state index in [9.17, 15) is 8.78 Å². The second kappa shape index (κ2) is 12.3. The summed E-state index contributed by atoms with van der Waals surface area (Å²) in [6, 6.07) is 0. The van der Waals surface area contributed by atoms with E-state index >= 15 is 8.78 Å². The van der Waals surface area contributed by atoms with Crippen LogP contribution in [0.25, 0.3) is 0 Å². The van der Waals surface area contributed by atoms with E-state index in [4.69, 9.17) is 0 Å². The molecule has 4 rings (SSSR count). The lowest BCUT2D eigenvalue weighted by atomic mass is 9.65. The monoisotopic (exact) mass is 486 g/mol. The molecule has 4 aliphatic rings. The van der Waals surface area contributed by atoms with Gasteiger partial charge in [0.2, 0.25) is 0 Å². The molecule has 0 aromatic carbocycles. The number of hydrogen-bond donors (Lipinski definition) is 0. The highest BCUT2D eigenvalue weighted by atomic mass is 19.2. The Bertz CT molecular complexity index is 595. The van der Waals surface area contributed by atoms with E-state index in [1.165, 1.54) is 25.7 Å². The summed E-state index contributed by atoms with van der Waals surface area (Å²) in [5, 5.41) is 0. The van der Waals surface area contributed by atoms with Gasteiger partial charge in [-0.1, -0.05) is 58.8 Å². The lowest BCUT2D eigenvalue weighted by molar-refractivity contribution is -0.0184. The van der Waals surface area contributed by atoms with Gasteiger partial charge in [-0.25, -0.2) is 17.6 Å². The fraction of sp³-hybridized carbons (Fsp3) is 1.00. The third kappa shape index (κ3) is 6.16. The molecule has 0 aromatic heterocycles. The first kappa shape index (κ1) is 26.8. The number of halogens is 4. The van der Waals surface area contributed by atoms with Gasteiger partial charge < -0.3 is 0 Å². The summed E-state index contributed by atoms with van der Waals surface area (Å²) in [6.07, 6.45) is 11.1.